The number of aliphatic carboxylic acids is 1. The molecule has 5 N–H and O–H groups in total. The summed E-state index contributed by atoms with van der Waals surface area (Å²) in [5.41, 5.74) is 0.500. The third-order valence-electron chi connectivity index (χ3n) is 6.30. The molecule has 0 aromatic carbocycles. The van der Waals surface area contributed by atoms with Crippen LogP contribution in [-0.4, -0.2) is 107 Å². The molecule has 3 atom stereocenters. The van der Waals surface area contributed by atoms with Crippen LogP contribution in [0.25, 0.3) is 0 Å². The van der Waals surface area contributed by atoms with E-state index in [1.165, 1.54) is 35.3 Å². The van der Waals surface area contributed by atoms with Gasteiger partial charge in [0.25, 0.3) is 17.5 Å². The fraction of sp³-hybridized carbons (Fsp3) is 0.381. The molecule has 2 saturated heterocycles. The number of hydrogen-bond donors (Lipinski definition) is 5. The molecule has 0 bridgehead atoms. The maximum atomic E-state index is 13.6. The highest BCUT2D eigenvalue weighted by Gasteiger charge is 2.67. The van der Waals surface area contributed by atoms with Crippen molar-refractivity contribution in [3.8, 4) is 0 Å². The van der Waals surface area contributed by atoms with Crippen molar-refractivity contribution in [3.05, 3.63) is 33.7 Å². The monoisotopic (exact) mass is 638 g/mol. The van der Waals surface area contributed by atoms with Gasteiger partial charge in [0.15, 0.2) is 0 Å². The summed E-state index contributed by atoms with van der Waals surface area (Å²) < 4.78 is 6.94. The number of nitrogens with one attached hydrogen (secondary N) is 4. The molecular weight excluding hydrogens is 616 g/mol. The van der Waals surface area contributed by atoms with Crippen LogP contribution >= 0.6 is 34.9 Å². The fourth-order valence-corrected chi connectivity index (χ4v) is 7.55. The molecule has 0 saturated carbocycles. The van der Waals surface area contributed by atoms with Crippen molar-refractivity contribution in [1.82, 2.24) is 51.5 Å². The van der Waals surface area contributed by atoms with Gasteiger partial charge in [0, 0.05) is 30.5 Å². The van der Waals surface area contributed by atoms with Crippen LogP contribution in [0.15, 0.2) is 33.9 Å². The first-order chi connectivity index (χ1) is 20.1. The van der Waals surface area contributed by atoms with E-state index in [0.717, 1.165) is 21.2 Å². The number of aromatic nitrogens is 4. The highest BCUT2D eigenvalue weighted by atomic mass is 32.2. The minimum Gasteiger partial charge on any atom is -0.477 e. The third-order valence-corrected chi connectivity index (χ3v) is 9.70. The van der Waals surface area contributed by atoms with Crippen LogP contribution in [-0.2, 0) is 31.0 Å². The SMILES string of the molecule is CO[C@]1(NC(=O)C(NC(=O)NN2CC(=O)NC2=O)c2cccs2)C(=O)N2C(C(=O)O)=C(CSc3nnnn3C)CSC21. The van der Waals surface area contributed by atoms with Crippen molar-refractivity contribution in [1.29, 1.82) is 0 Å². The largest absolute Gasteiger partial charge is 0.477 e. The number of tetrazole rings is 1. The van der Waals surface area contributed by atoms with Crippen LogP contribution in [0.3, 0.4) is 0 Å². The molecule has 0 aliphatic carbocycles. The van der Waals surface area contributed by atoms with Gasteiger partial charge in [-0.1, -0.05) is 17.8 Å². The second kappa shape index (κ2) is 11.6. The van der Waals surface area contributed by atoms with Crippen LogP contribution in [0.5, 0.6) is 0 Å². The van der Waals surface area contributed by atoms with Crippen molar-refractivity contribution in [3.63, 3.8) is 0 Å². The van der Waals surface area contributed by atoms with Gasteiger partial charge in [-0.15, -0.1) is 28.2 Å². The molecule has 2 fully saturated rings. The topological polar surface area (TPSA) is 230 Å². The third kappa shape index (κ3) is 5.26. The number of thiophene rings is 1. The number of methoxy groups -OCH3 is 1. The Morgan fingerprint density at radius 2 is 2.12 bits per heavy atom. The second-order valence-corrected chi connectivity index (χ2v) is 11.9. The van der Waals surface area contributed by atoms with E-state index >= 15 is 0 Å². The Bertz CT molecular complexity index is 1500. The molecule has 7 amide bonds. The first kappa shape index (κ1) is 29.3. The van der Waals surface area contributed by atoms with E-state index in [4.69, 9.17) is 4.74 Å². The van der Waals surface area contributed by atoms with Gasteiger partial charge in [0.05, 0.1) is 0 Å². The molecule has 2 aromatic heterocycles. The lowest BCUT2D eigenvalue weighted by Crippen LogP contribution is -2.81. The highest BCUT2D eigenvalue weighted by Crippen LogP contribution is 2.47. The van der Waals surface area contributed by atoms with Crippen LogP contribution in [0.2, 0.25) is 0 Å². The zero-order valence-corrected chi connectivity index (χ0v) is 24.2. The number of carbonyl (C=O) groups excluding carboxylic acids is 5. The maximum absolute atomic E-state index is 13.6. The molecule has 222 valence electrons. The lowest BCUT2D eigenvalue weighted by molar-refractivity contribution is -0.192. The van der Waals surface area contributed by atoms with Gasteiger partial charge in [0.2, 0.25) is 11.1 Å². The number of imide groups is 1. The van der Waals surface area contributed by atoms with E-state index in [-0.39, 0.29) is 17.2 Å². The van der Waals surface area contributed by atoms with E-state index in [9.17, 15) is 33.9 Å². The second-order valence-electron chi connectivity index (χ2n) is 8.87. The first-order valence-electron chi connectivity index (χ1n) is 11.9. The Morgan fingerprint density at radius 3 is 2.71 bits per heavy atom. The summed E-state index contributed by atoms with van der Waals surface area (Å²) >= 11 is 3.55. The van der Waals surface area contributed by atoms with Gasteiger partial charge >= 0.3 is 18.0 Å². The van der Waals surface area contributed by atoms with Gasteiger partial charge in [-0.3, -0.25) is 24.6 Å². The van der Waals surface area contributed by atoms with Gasteiger partial charge in [-0.05, 0) is 27.4 Å². The molecule has 3 aliphatic rings. The van der Waals surface area contributed by atoms with Crippen LogP contribution in [0.4, 0.5) is 9.59 Å². The minimum atomic E-state index is -1.93. The Morgan fingerprint density at radius 1 is 1.33 bits per heavy atom. The van der Waals surface area contributed by atoms with Crippen LogP contribution in [0.1, 0.15) is 10.9 Å². The molecule has 18 nitrogen and oxygen atoms in total. The number of aryl methyl sites for hydroxylation is 1. The van der Waals surface area contributed by atoms with Crippen molar-refractivity contribution in [2.24, 2.45) is 7.05 Å². The number of urea groups is 2. The predicted octanol–water partition coefficient (Wildman–Crippen LogP) is -1.42. The summed E-state index contributed by atoms with van der Waals surface area (Å²) in [5, 5.41) is 30.1. The zero-order chi connectivity index (χ0) is 30.2. The van der Waals surface area contributed by atoms with Crippen molar-refractivity contribution >= 4 is 70.6 Å². The fourth-order valence-electron chi connectivity index (χ4n) is 4.34. The molecule has 5 rings (SSSR count). The zero-order valence-electron chi connectivity index (χ0n) is 21.7. The number of β-lactam (4-membered cyclic amide) rings is 1. The number of hydrazine groups is 1. The number of carboxylic acid groups (broad SMARTS) is 1. The molecule has 0 radical (unpaired) electrons. The number of nitrogens with zero attached hydrogens (tertiary/aromatic N) is 6. The molecule has 42 heavy (non-hydrogen) atoms. The molecule has 21 heteroatoms. The minimum absolute atomic E-state index is 0.200. The van der Waals surface area contributed by atoms with Crippen molar-refractivity contribution in [2.75, 3.05) is 25.2 Å². The number of hydrogen-bond acceptors (Lipinski definition) is 13. The standard InChI is InChI=1S/C21H22N10O8S3/c1-29-20(25-27-28-29)42-8-9-7-41-17-21(39-2,16(36)31(17)13(9)15(34)35)24-14(33)12(10-4-3-5-40-10)23-18(37)26-30-6-11(32)22-19(30)38/h3-5,12,17H,6-8H2,1-2H3,(H,24,33)(H,34,35)(H,22,32,38)(H2,23,26,37)/t12?,17?,21-/m1/s1. The van der Waals surface area contributed by atoms with E-state index in [1.54, 1.807) is 24.6 Å². The Kier molecular flexibility index (Phi) is 8.08. The van der Waals surface area contributed by atoms with Crippen LogP contribution in [0, 0.1) is 0 Å². The molecule has 2 unspecified atom stereocenters. The number of ether oxygens (including phenoxy) is 1. The number of amides is 7. The number of thioether (sulfide) groups is 2. The van der Waals surface area contributed by atoms with Crippen molar-refractivity contribution < 1.29 is 38.6 Å². The Balaban J connectivity index is 1.33. The smallest absolute Gasteiger partial charge is 0.352 e. The molecular formula is C21H22N10O8S3. The summed E-state index contributed by atoms with van der Waals surface area (Å²) in [4.78, 5) is 76.7. The summed E-state index contributed by atoms with van der Waals surface area (Å²) in [6.07, 6.45) is 0. The van der Waals surface area contributed by atoms with Gasteiger partial charge in [0.1, 0.15) is 23.7 Å². The molecule has 3 aliphatic heterocycles. The average Bonchev–Trinajstić information content (AvgIpc) is 3.70. The number of carbonyl (C=O) groups is 6. The molecule has 5 heterocycles. The molecule has 0 spiro atoms. The van der Waals surface area contributed by atoms with E-state index in [2.05, 4.69) is 31.6 Å². The van der Waals surface area contributed by atoms with E-state index in [1.807, 2.05) is 5.32 Å². The summed E-state index contributed by atoms with van der Waals surface area (Å²) in [5.74, 6) is -3.17. The van der Waals surface area contributed by atoms with Gasteiger partial charge < -0.3 is 20.5 Å². The van der Waals surface area contributed by atoms with Crippen molar-refractivity contribution in [2.45, 2.75) is 22.3 Å². The normalized spacial score (nSPS) is 22.3. The Hall–Kier alpha value is -4.21. The highest BCUT2D eigenvalue weighted by molar-refractivity contribution is 8.01. The number of fused-ring (bicyclic) bond motifs is 1. The first-order valence-corrected chi connectivity index (χ1v) is 14.8. The summed E-state index contributed by atoms with van der Waals surface area (Å²) in [7, 11) is 2.84. The lowest BCUT2D eigenvalue weighted by Gasteiger charge is -2.56. The lowest BCUT2D eigenvalue weighted by atomic mass is 9.97. The number of rotatable bonds is 10. The quantitative estimate of drug-likeness (QED) is 0.0872. The predicted molar refractivity (Wildman–Crippen MR) is 144 cm³/mol. The summed E-state index contributed by atoms with van der Waals surface area (Å²) in [6, 6.07) is 0.0765. The van der Waals surface area contributed by atoms with Gasteiger partial charge in [-0.25, -0.2) is 29.5 Å². The molecule has 2 aromatic rings. The van der Waals surface area contributed by atoms with Gasteiger partial charge in [-0.2, -0.15) is 0 Å². The van der Waals surface area contributed by atoms with E-state index in [0.29, 0.717) is 15.6 Å². The number of carboxylic acids is 1. The van der Waals surface area contributed by atoms with Crippen LogP contribution < -0.4 is 21.4 Å². The Labute approximate surface area is 248 Å². The van der Waals surface area contributed by atoms with E-state index < -0.39 is 59.4 Å². The maximum Gasteiger partial charge on any atom is 0.352 e. The average molecular weight is 639 g/mol. The summed E-state index contributed by atoms with van der Waals surface area (Å²) in [6.45, 7) is -0.409.